The summed E-state index contributed by atoms with van der Waals surface area (Å²) in [7, 11) is -3.89. The van der Waals surface area contributed by atoms with Crippen LogP contribution in [0.2, 0.25) is 5.02 Å². The zero-order valence-electron chi connectivity index (χ0n) is 14.1. The van der Waals surface area contributed by atoms with Gasteiger partial charge in [-0.15, -0.1) is 0 Å². The molecule has 0 bridgehead atoms. The standard InChI is InChI=1S/C20H17ClFNO2S/c1-15-10-12-17(13-11-15)26(24,25)23(16-6-3-2-4-7-16)14-18-19(21)8-5-9-20(18)22/h2-13H,14H2,1H3. The summed E-state index contributed by atoms with van der Waals surface area (Å²) < 4.78 is 41.9. The molecular weight excluding hydrogens is 373 g/mol. The predicted octanol–water partition coefficient (Wildman–Crippen LogP) is 5.18. The molecule has 0 unspecified atom stereocenters. The number of hydrogen-bond acceptors (Lipinski definition) is 2. The highest BCUT2D eigenvalue weighted by atomic mass is 35.5. The maximum atomic E-state index is 14.3. The molecule has 26 heavy (non-hydrogen) atoms. The monoisotopic (exact) mass is 389 g/mol. The van der Waals surface area contributed by atoms with Crippen LogP contribution in [-0.2, 0) is 16.6 Å². The van der Waals surface area contributed by atoms with Crippen LogP contribution in [0.3, 0.4) is 0 Å². The van der Waals surface area contributed by atoms with Gasteiger partial charge in [0, 0.05) is 10.6 Å². The fourth-order valence-electron chi connectivity index (χ4n) is 2.57. The molecule has 3 rings (SSSR count). The summed E-state index contributed by atoms with van der Waals surface area (Å²) in [5.41, 5.74) is 1.52. The Labute approximate surface area is 157 Å². The van der Waals surface area contributed by atoms with E-state index in [2.05, 4.69) is 0 Å². The molecule has 0 amide bonds. The fourth-order valence-corrected chi connectivity index (χ4v) is 4.23. The van der Waals surface area contributed by atoms with Gasteiger partial charge in [0.15, 0.2) is 0 Å². The van der Waals surface area contributed by atoms with E-state index in [0.29, 0.717) is 5.69 Å². The number of sulfonamides is 1. The van der Waals surface area contributed by atoms with Crippen molar-refractivity contribution < 1.29 is 12.8 Å². The highest BCUT2D eigenvalue weighted by Crippen LogP contribution is 2.29. The first-order valence-corrected chi connectivity index (χ1v) is 9.79. The van der Waals surface area contributed by atoms with Crippen molar-refractivity contribution in [1.29, 1.82) is 0 Å². The van der Waals surface area contributed by atoms with E-state index in [4.69, 9.17) is 11.6 Å². The Morgan fingerprint density at radius 3 is 2.19 bits per heavy atom. The summed E-state index contributed by atoms with van der Waals surface area (Å²) in [5.74, 6) is -0.544. The van der Waals surface area contributed by atoms with Gasteiger partial charge in [-0.3, -0.25) is 4.31 Å². The minimum Gasteiger partial charge on any atom is -0.262 e. The minimum atomic E-state index is -3.89. The summed E-state index contributed by atoms with van der Waals surface area (Å²) in [5, 5.41) is 0.185. The average Bonchev–Trinajstić information content (AvgIpc) is 2.62. The van der Waals surface area contributed by atoms with Crippen molar-refractivity contribution in [2.75, 3.05) is 4.31 Å². The first kappa shape index (κ1) is 18.4. The maximum Gasteiger partial charge on any atom is 0.264 e. The molecule has 0 aliphatic carbocycles. The molecular formula is C20H17ClFNO2S. The van der Waals surface area contributed by atoms with Crippen LogP contribution in [0.25, 0.3) is 0 Å². The molecule has 3 aromatic rings. The van der Waals surface area contributed by atoms with Crippen molar-refractivity contribution >= 4 is 27.3 Å². The zero-order chi connectivity index (χ0) is 18.7. The number of rotatable bonds is 5. The van der Waals surface area contributed by atoms with Crippen molar-refractivity contribution in [3.63, 3.8) is 0 Å². The highest BCUT2D eigenvalue weighted by Gasteiger charge is 2.26. The molecule has 6 heteroatoms. The second-order valence-corrected chi connectivity index (χ2v) is 8.13. The molecule has 134 valence electrons. The molecule has 0 radical (unpaired) electrons. The molecule has 0 spiro atoms. The smallest absolute Gasteiger partial charge is 0.262 e. The molecule has 0 saturated heterocycles. The summed E-state index contributed by atoms with van der Waals surface area (Å²) >= 11 is 6.12. The lowest BCUT2D eigenvalue weighted by atomic mass is 10.2. The lowest BCUT2D eigenvalue weighted by Crippen LogP contribution is -2.31. The molecule has 0 aliphatic heterocycles. The Kier molecular flexibility index (Phi) is 5.30. The van der Waals surface area contributed by atoms with Gasteiger partial charge in [-0.1, -0.05) is 53.6 Å². The van der Waals surface area contributed by atoms with Gasteiger partial charge in [-0.05, 0) is 43.3 Å². The van der Waals surface area contributed by atoms with Gasteiger partial charge in [0.25, 0.3) is 10.0 Å². The highest BCUT2D eigenvalue weighted by molar-refractivity contribution is 7.92. The second-order valence-electron chi connectivity index (χ2n) is 5.86. The Balaban J connectivity index is 2.11. The fraction of sp³-hybridized carbons (Fsp3) is 0.100. The number of aryl methyl sites for hydroxylation is 1. The van der Waals surface area contributed by atoms with Crippen molar-refractivity contribution in [3.8, 4) is 0 Å². The number of nitrogens with zero attached hydrogens (tertiary/aromatic N) is 1. The normalized spacial score (nSPS) is 11.3. The van der Waals surface area contributed by atoms with Gasteiger partial charge >= 0.3 is 0 Å². The molecule has 3 nitrogen and oxygen atoms in total. The van der Waals surface area contributed by atoms with Crippen LogP contribution in [0.15, 0.2) is 77.7 Å². The molecule has 0 aliphatic rings. The number of halogens is 2. The van der Waals surface area contributed by atoms with Crippen LogP contribution < -0.4 is 4.31 Å². The number of benzene rings is 3. The van der Waals surface area contributed by atoms with Gasteiger partial charge in [0.05, 0.1) is 17.1 Å². The van der Waals surface area contributed by atoms with Gasteiger partial charge < -0.3 is 0 Å². The number of hydrogen-bond donors (Lipinski definition) is 0. The summed E-state index contributed by atoms with van der Waals surface area (Å²) in [6, 6.07) is 19.4. The molecule has 0 fully saturated rings. The Hall–Kier alpha value is -2.37. The summed E-state index contributed by atoms with van der Waals surface area (Å²) in [6.45, 7) is 1.68. The first-order valence-electron chi connectivity index (χ1n) is 7.97. The van der Waals surface area contributed by atoms with Gasteiger partial charge in [0.2, 0.25) is 0 Å². The lowest BCUT2D eigenvalue weighted by molar-refractivity contribution is 0.585. The molecule has 0 heterocycles. The van der Waals surface area contributed by atoms with Crippen molar-refractivity contribution in [1.82, 2.24) is 0 Å². The third kappa shape index (κ3) is 3.74. The molecule has 3 aromatic carbocycles. The maximum absolute atomic E-state index is 14.3. The first-order chi connectivity index (χ1) is 12.4. The Morgan fingerprint density at radius 1 is 0.923 bits per heavy atom. The third-order valence-electron chi connectivity index (χ3n) is 4.02. The van der Waals surface area contributed by atoms with Crippen LogP contribution in [0, 0.1) is 12.7 Å². The van der Waals surface area contributed by atoms with Crippen LogP contribution >= 0.6 is 11.6 Å². The third-order valence-corrected chi connectivity index (χ3v) is 6.16. The molecule has 0 N–H and O–H groups in total. The molecule has 0 aromatic heterocycles. The van der Waals surface area contributed by atoms with Crippen molar-refractivity contribution in [2.24, 2.45) is 0 Å². The van der Waals surface area contributed by atoms with E-state index in [1.807, 2.05) is 6.92 Å². The van der Waals surface area contributed by atoms with E-state index < -0.39 is 15.8 Å². The SMILES string of the molecule is Cc1ccc(S(=O)(=O)N(Cc2c(F)cccc2Cl)c2ccccc2)cc1. The predicted molar refractivity (Wildman–Crippen MR) is 102 cm³/mol. The van der Waals surface area contributed by atoms with E-state index in [0.717, 1.165) is 5.56 Å². The Morgan fingerprint density at radius 2 is 1.58 bits per heavy atom. The summed E-state index contributed by atoms with van der Waals surface area (Å²) in [6.07, 6.45) is 0. The lowest BCUT2D eigenvalue weighted by Gasteiger charge is -2.25. The van der Waals surface area contributed by atoms with Gasteiger partial charge in [0.1, 0.15) is 5.82 Å². The number of para-hydroxylation sites is 1. The van der Waals surface area contributed by atoms with E-state index in [1.165, 1.54) is 16.4 Å². The second kappa shape index (κ2) is 7.48. The van der Waals surface area contributed by atoms with Crippen LogP contribution in [0.1, 0.15) is 11.1 Å². The molecule has 0 atom stereocenters. The van der Waals surface area contributed by atoms with Crippen LogP contribution in [0.4, 0.5) is 10.1 Å². The Bertz CT molecular complexity index is 985. The van der Waals surface area contributed by atoms with Crippen LogP contribution in [0.5, 0.6) is 0 Å². The summed E-state index contributed by atoms with van der Waals surface area (Å²) in [4.78, 5) is 0.138. The van der Waals surface area contributed by atoms with Gasteiger partial charge in [-0.25, -0.2) is 12.8 Å². The molecule has 0 saturated carbocycles. The zero-order valence-corrected chi connectivity index (χ0v) is 15.6. The van der Waals surface area contributed by atoms with Gasteiger partial charge in [-0.2, -0.15) is 0 Å². The van der Waals surface area contributed by atoms with E-state index in [9.17, 15) is 12.8 Å². The van der Waals surface area contributed by atoms with Crippen molar-refractivity contribution in [3.05, 3.63) is 94.8 Å². The quantitative estimate of drug-likeness (QED) is 0.602. The topological polar surface area (TPSA) is 37.4 Å². The minimum absolute atomic E-state index is 0.133. The van der Waals surface area contributed by atoms with E-state index >= 15 is 0 Å². The number of anilines is 1. The van der Waals surface area contributed by atoms with Crippen LogP contribution in [-0.4, -0.2) is 8.42 Å². The van der Waals surface area contributed by atoms with Crippen molar-refractivity contribution in [2.45, 2.75) is 18.4 Å². The largest absolute Gasteiger partial charge is 0.264 e. The van der Waals surface area contributed by atoms with E-state index in [-0.39, 0.29) is 22.0 Å². The average molecular weight is 390 g/mol. The van der Waals surface area contributed by atoms with E-state index in [1.54, 1.807) is 60.7 Å².